The lowest BCUT2D eigenvalue weighted by atomic mass is 10.0. The van der Waals surface area contributed by atoms with Crippen molar-refractivity contribution in [1.82, 2.24) is 19.7 Å². The largest absolute Gasteiger partial charge is 0.393 e. The number of nitrogens with zero attached hydrogens (tertiary/aromatic N) is 4. The average molecular weight is 535 g/mol. The van der Waals surface area contributed by atoms with Crippen LogP contribution in [0.4, 0.5) is 5.82 Å². The Morgan fingerprint density at radius 3 is 3.03 bits per heavy atom. The maximum absolute atomic E-state index is 13.4. The van der Waals surface area contributed by atoms with Crippen molar-refractivity contribution in [3.05, 3.63) is 57.4 Å². The zero-order valence-electron chi connectivity index (χ0n) is 19.4. The number of carbonyl (C=O) groups excluding carboxylic acids is 1. The van der Waals surface area contributed by atoms with E-state index in [2.05, 4.69) is 24.6 Å². The fourth-order valence-corrected chi connectivity index (χ4v) is 5.97. The molecule has 4 N–H and O–H groups in total. The molecular formula is C22H26N6O6S2. The van der Waals surface area contributed by atoms with Crippen LogP contribution >= 0.6 is 11.3 Å². The van der Waals surface area contributed by atoms with Crippen LogP contribution in [0, 0.1) is 12.8 Å². The van der Waals surface area contributed by atoms with Gasteiger partial charge in [0.25, 0.3) is 0 Å². The minimum atomic E-state index is -4.09. The predicted molar refractivity (Wildman–Crippen MR) is 130 cm³/mol. The molecule has 3 aromatic heterocycles. The summed E-state index contributed by atoms with van der Waals surface area (Å²) in [6, 6.07) is 1.59. The minimum absolute atomic E-state index is 0.215. The summed E-state index contributed by atoms with van der Waals surface area (Å²) in [5, 5.41) is 24.7. The molecule has 5 rings (SSSR count). The molecule has 3 aromatic rings. The normalized spacial score (nSPS) is 24.0. The molecular weight excluding hydrogens is 508 g/mol. The number of aliphatic hydroxyl groups excluding tert-OH is 1. The van der Waals surface area contributed by atoms with Crippen molar-refractivity contribution >= 4 is 33.2 Å². The highest BCUT2D eigenvalue weighted by atomic mass is 32.2. The molecule has 1 fully saturated rings. The summed E-state index contributed by atoms with van der Waals surface area (Å²) in [7, 11) is -4.09. The van der Waals surface area contributed by atoms with E-state index in [1.165, 1.54) is 23.9 Å². The number of anilines is 1. The zero-order valence-corrected chi connectivity index (χ0v) is 21.0. The Hall–Kier alpha value is -2.75. The van der Waals surface area contributed by atoms with Gasteiger partial charge < -0.3 is 15.2 Å². The topological polar surface area (TPSA) is 172 Å². The molecule has 0 radical (unpaired) electrons. The number of thiophene rings is 1. The number of nitrogens with one attached hydrogen (secondary N) is 1. The molecule has 12 nitrogen and oxygen atoms in total. The molecule has 4 heterocycles. The number of carbonyl (C=O) groups is 1. The fraction of sp³-hybridized carbons (Fsp3) is 0.455. The lowest BCUT2D eigenvalue weighted by molar-refractivity contribution is 0.0420. The molecule has 0 saturated heterocycles. The molecule has 1 aliphatic carbocycles. The predicted octanol–water partition coefficient (Wildman–Crippen LogP) is 1.17. The summed E-state index contributed by atoms with van der Waals surface area (Å²) < 4.78 is 34.8. The molecule has 14 heteroatoms. The second-order valence-corrected chi connectivity index (χ2v) is 11.1. The molecule has 0 amide bonds. The standard InChI is InChI=1S/C22H26N6O6S2/c1-12-7-26-28-2-3-33-21(19(12)28)14-5-18(35-10-14)20(30)16-8-24-11-25-22(16)27-15-4-13(17(29)6-15)9-34-36(23,31)32/h5,7-8,10-11,13,15,17,21,29H,2-4,6,9H2,1H3,(H2,23,31,32)(H,24,25,27)/t13-,15-,17+,21?/m1/s1. The fourth-order valence-electron chi connectivity index (χ4n) is 4.72. The molecule has 4 atom stereocenters. The van der Waals surface area contributed by atoms with Gasteiger partial charge in [-0.25, -0.2) is 15.1 Å². The first-order chi connectivity index (χ1) is 17.2. The Morgan fingerprint density at radius 1 is 1.39 bits per heavy atom. The number of ketones is 1. The lowest BCUT2D eigenvalue weighted by Crippen LogP contribution is -2.24. The van der Waals surface area contributed by atoms with Gasteiger partial charge in [0.05, 0.1) is 48.2 Å². The lowest BCUT2D eigenvalue weighted by Gasteiger charge is -2.24. The van der Waals surface area contributed by atoms with E-state index >= 15 is 0 Å². The van der Waals surface area contributed by atoms with Crippen LogP contribution in [0.15, 0.2) is 30.2 Å². The van der Waals surface area contributed by atoms with E-state index in [4.69, 9.17) is 9.88 Å². The third-order valence-corrected chi connectivity index (χ3v) is 7.87. The first kappa shape index (κ1) is 24.9. The van der Waals surface area contributed by atoms with Crippen molar-refractivity contribution in [3.8, 4) is 0 Å². The smallest absolute Gasteiger partial charge is 0.333 e. The molecule has 36 heavy (non-hydrogen) atoms. The Morgan fingerprint density at radius 2 is 2.22 bits per heavy atom. The molecule has 0 aromatic carbocycles. The highest BCUT2D eigenvalue weighted by Gasteiger charge is 2.35. The Balaban J connectivity index is 1.31. The number of aromatic nitrogens is 4. The molecule has 0 bridgehead atoms. The van der Waals surface area contributed by atoms with Gasteiger partial charge in [-0.3, -0.25) is 13.7 Å². The van der Waals surface area contributed by atoms with Crippen LogP contribution in [0.3, 0.4) is 0 Å². The van der Waals surface area contributed by atoms with Crippen molar-refractivity contribution in [2.24, 2.45) is 11.1 Å². The van der Waals surface area contributed by atoms with E-state index in [0.29, 0.717) is 42.3 Å². The second-order valence-electron chi connectivity index (χ2n) is 8.96. The summed E-state index contributed by atoms with van der Waals surface area (Å²) in [5.41, 5.74) is 3.21. The molecule has 1 aliphatic heterocycles. The number of aryl methyl sites for hydroxylation is 1. The third kappa shape index (κ3) is 5.19. The van der Waals surface area contributed by atoms with E-state index in [1.54, 1.807) is 0 Å². The quantitative estimate of drug-likeness (QED) is 0.356. The van der Waals surface area contributed by atoms with Gasteiger partial charge >= 0.3 is 10.3 Å². The van der Waals surface area contributed by atoms with Crippen LogP contribution in [0.25, 0.3) is 0 Å². The molecule has 0 spiro atoms. The first-order valence-corrected chi connectivity index (χ1v) is 13.7. The van der Waals surface area contributed by atoms with Gasteiger partial charge in [-0.1, -0.05) is 0 Å². The summed E-state index contributed by atoms with van der Waals surface area (Å²) in [6.45, 7) is 3.00. The van der Waals surface area contributed by atoms with Crippen LogP contribution in [0.5, 0.6) is 0 Å². The van der Waals surface area contributed by atoms with E-state index in [0.717, 1.165) is 16.8 Å². The van der Waals surface area contributed by atoms with Gasteiger partial charge in [-0.2, -0.15) is 13.5 Å². The van der Waals surface area contributed by atoms with E-state index in [1.807, 2.05) is 29.2 Å². The van der Waals surface area contributed by atoms with Gasteiger partial charge in [-0.15, -0.1) is 11.3 Å². The van der Waals surface area contributed by atoms with Crippen molar-refractivity contribution in [3.63, 3.8) is 0 Å². The Kier molecular flexibility index (Phi) is 6.89. The Bertz CT molecular complexity index is 1370. The summed E-state index contributed by atoms with van der Waals surface area (Å²) in [6.07, 6.45) is 4.30. The van der Waals surface area contributed by atoms with Crippen molar-refractivity contribution < 1.29 is 27.2 Å². The summed E-state index contributed by atoms with van der Waals surface area (Å²) in [5.74, 6) is -0.310. The number of ether oxygens (including phenoxy) is 1. The molecule has 192 valence electrons. The number of fused-ring (bicyclic) bond motifs is 1. The molecule has 1 saturated carbocycles. The van der Waals surface area contributed by atoms with Gasteiger partial charge in [0.2, 0.25) is 5.78 Å². The number of hydrogen-bond acceptors (Lipinski definition) is 11. The number of rotatable bonds is 8. The average Bonchev–Trinajstić information content (AvgIpc) is 3.56. The highest BCUT2D eigenvalue weighted by molar-refractivity contribution is 7.84. The van der Waals surface area contributed by atoms with Crippen LogP contribution < -0.4 is 10.5 Å². The summed E-state index contributed by atoms with van der Waals surface area (Å²) >= 11 is 1.32. The van der Waals surface area contributed by atoms with Gasteiger partial charge in [0, 0.05) is 18.2 Å². The maximum Gasteiger partial charge on any atom is 0.333 e. The van der Waals surface area contributed by atoms with Crippen LogP contribution in [-0.4, -0.2) is 64.4 Å². The van der Waals surface area contributed by atoms with Crippen LogP contribution in [0.2, 0.25) is 0 Å². The van der Waals surface area contributed by atoms with Gasteiger partial charge in [0.1, 0.15) is 18.2 Å². The highest BCUT2D eigenvalue weighted by Crippen LogP contribution is 2.35. The van der Waals surface area contributed by atoms with Crippen molar-refractivity contribution in [1.29, 1.82) is 0 Å². The monoisotopic (exact) mass is 534 g/mol. The minimum Gasteiger partial charge on any atom is -0.393 e. The van der Waals surface area contributed by atoms with Gasteiger partial charge in [-0.05, 0) is 42.3 Å². The van der Waals surface area contributed by atoms with Crippen LogP contribution in [-0.2, 0) is 25.8 Å². The van der Waals surface area contributed by atoms with E-state index < -0.39 is 22.3 Å². The third-order valence-electron chi connectivity index (χ3n) is 6.46. The van der Waals surface area contributed by atoms with E-state index in [-0.39, 0.29) is 24.5 Å². The Labute approximate surface area is 211 Å². The first-order valence-electron chi connectivity index (χ1n) is 11.4. The van der Waals surface area contributed by atoms with Crippen molar-refractivity contribution in [2.75, 3.05) is 18.5 Å². The SMILES string of the molecule is Cc1cnn2c1C(c1csc(C(=O)c3cncnc3N[C@@H]3C[C@H](COS(N)(=O)=O)[C@@H](O)C3)c1)OCC2. The summed E-state index contributed by atoms with van der Waals surface area (Å²) in [4.78, 5) is 22.2. The van der Waals surface area contributed by atoms with E-state index in [9.17, 15) is 18.3 Å². The number of aliphatic hydroxyl groups is 1. The number of hydrogen-bond donors (Lipinski definition) is 3. The maximum atomic E-state index is 13.4. The number of nitrogens with two attached hydrogens (primary N) is 1. The van der Waals surface area contributed by atoms with Crippen molar-refractivity contribution in [2.45, 2.75) is 44.6 Å². The van der Waals surface area contributed by atoms with Crippen LogP contribution in [0.1, 0.15) is 51.0 Å². The second kappa shape index (κ2) is 9.95. The molecule has 2 aliphatic rings. The zero-order chi connectivity index (χ0) is 25.4. The van der Waals surface area contributed by atoms with Gasteiger partial charge in [0.15, 0.2) is 0 Å². The molecule has 1 unspecified atom stereocenters.